The van der Waals surface area contributed by atoms with E-state index in [0.29, 0.717) is 13.1 Å². The Morgan fingerprint density at radius 2 is 1.95 bits per heavy atom. The van der Waals surface area contributed by atoms with Crippen molar-refractivity contribution in [2.45, 2.75) is 58.7 Å². The predicted octanol–water partition coefficient (Wildman–Crippen LogP) is 3.86. The molecule has 1 aliphatic rings. The summed E-state index contributed by atoms with van der Waals surface area (Å²) in [5.41, 5.74) is 7.41. The van der Waals surface area contributed by atoms with Gasteiger partial charge in [0.1, 0.15) is 17.4 Å². The monoisotopic (exact) mass is 609 g/mol. The third kappa shape index (κ3) is 8.09. The number of aromatic amines is 1. The third-order valence-electron chi connectivity index (χ3n) is 7.55. The van der Waals surface area contributed by atoms with E-state index in [0.717, 1.165) is 69.5 Å². The van der Waals surface area contributed by atoms with Gasteiger partial charge in [0.2, 0.25) is 5.56 Å². The molecule has 1 unspecified atom stereocenters. The number of pyridine rings is 1. The molecule has 5 rings (SSSR count). The van der Waals surface area contributed by atoms with Crippen molar-refractivity contribution < 1.29 is 23.4 Å². The zero-order chi connectivity index (χ0) is 31.5. The minimum Gasteiger partial charge on any atom is -0.487 e. The number of H-pyrrole nitrogens is 1. The quantitative estimate of drug-likeness (QED) is 0.265. The second kappa shape index (κ2) is 13.1. The van der Waals surface area contributed by atoms with E-state index in [4.69, 9.17) is 9.29 Å². The van der Waals surface area contributed by atoms with Crippen LogP contribution >= 0.6 is 0 Å². The maximum Gasteiger partial charge on any atom is 0.304 e. The van der Waals surface area contributed by atoms with Crippen molar-refractivity contribution >= 4 is 32.7 Å². The van der Waals surface area contributed by atoms with Crippen LogP contribution in [0.4, 0.5) is 0 Å². The molecule has 0 bridgehead atoms. The van der Waals surface area contributed by atoms with Gasteiger partial charge in [-0.25, -0.2) is 8.89 Å². The Balaban J connectivity index is 0.000000782. The molecule has 0 fully saturated rings. The lowest BCUT2D eigenvalue weighted by molar-refractivity contribution is -0.137. The topological polar surface area (TPSA) is 151 Å². The van der Waals surface area contributed by atoms with Crippen LogP contribution in [0.2, 0.25) is 0 Å². The van der Waals surface area contributed by atoms with Gasteiger partial charge in [-0.2, -0.15) is 0 Å². The fraction of sp³-hybridized carbons (Fsp3) is 0.387. The summed E-state index contributed by atoms with van der Waals surface area (Å²) in [7, 11) is -0.819. The Kier molecular flexibility index (Phi) is 9.73. The maximum absolute atomic E-state index is 12.0. The first kappa shape index (κ1) is 31.9. The molecule has 2 aromatic carbocycles. The van der Waals surface area contributed by atoms with E-state index in [1.165, 1.54) is 6.07 Å². The number of nitrogens with one attached hydrogen (secondary N) is 1. The number of hydrogen-bond acceptors (Lipinski definition) is 7. The minimum absolute atomic E-state index is 0.00626. The van der Waals surface area contributed by atoms with Gasteiger partial charge >= 0.3 is 5.97 Å². The van der Waals surface area contributed by atoms with Crippen LogP contribution in [0, 0.1) is 13.8 Å². The minimum atomic E-state index is -2.67. The molecule has 3 atom stereocenters. The first-order valence-electron chi connectivity index (χ1n) is 14.0. The van der Waals surface area contributed by atoms with E-state index in [9.17, 15) is 18.9 Å². The molecular weight excluding hydrogens is 570 g/mol. The van der Waals surface area contributed by atoms with Crippen LogP contribution in [0.15, 0.2) is 47.3 Å². The number of hydrogen-bond donors (Lipinski definition) is 3. The molecule has 11 nitrogen and oxygen atoms in total. The summed E-state index contributed by atoms with van der Waals surface area (Å²) in [5, 5.41) is 18.3. The normalized spacial score (nSPS) is 17.1. The summed E-state index contributed by atoms with van der Waals surface area (Å²) in [4.78, 5) is 29.2. The highest BCUT2D eigenvalue weighted by Gasteiger charge is 2.25. The van der Waals surface area contributed by atoms with Gasteiger partial charge in [-0.05, 0) is 66.1 Å². The van der Waals surface area contributed by atoms with Gasteiger partial charge in [0, 0.05) is 44.9 Å². The number of aromatic nitrogens is 4. The van der Waals surface area contributed by atoms with E-state index >= 15 is 0 Å². The summed E-state index contributed by atoms with van der Waals surface area (Å²) >= 11 is 0. The van der Waals surface area contributed by atoms with Crippen molar-refractivity contribution in [3.05, 3.63) is 86.3 Å². The van der Waals surface area contributed by atoms with Gasteiger partial charge in [-0.15, -0.1) is 5.10 Å². The number of aryl methyl sites for hydroxylation is 3. The van der Waals surface area contributed by atoms with E-state index < -0.39 is 15.8 Å². The molecule has 0 radical (unpaired) electrons. The number of carboxylic acids is 1. The lowest BCUT2D eigenvalue weighted by Gasteiger charge is -2.25. The van der Waals surface area contributed by atoms with E-state index in [1.807, 2.05) is 32.2 Å². The van der Waals surface area contributed by atoms with Crippen molar-refractivity contribution in [1.29, 1.82) is 0 Å². The molecular formula is C31H39N5O6S. The highest BCUT2D eigenvalue weighted by atomic mass is 32.2. The summed E-state index contributed by atoms with van der Waals surface area (Å²) < 4.78 is 25.5. The van der Waals surface area contributed by atoms with Gasteiger partial charge in [0.15, 0.2) is 0 Å². The first-order chi connectivity index (χ1) is 20.2. The molecule has 0 spiro atoms. The molecule has 230 valence electrons. The molecule has 3 heterocycles. The van der Waals surface area contributed by atoms with Crippen LogP contribution in [0.3, 0.4) is 0 Å². The van der Waals surface area contributed by atoms with E-state index in [1.54, 1.807) is 10.7 Å². The van der Waals surface area contributed by atoms with Gasteiger partial charge < -0.3 is 19.4 Å². The van der Waals surface area contributed by atoms with Crippen molar-refractivity contribution in [2.24, 2.45) is 7.05 Å². The molecule has 2 aromatic heterocycles. The number of carbonyl (C=O) groups is 1. The van der Waals surface area contributed by atoms with Gasteiger partial charge in [-0.1, -0.05) is 36.4 Å². The fourth-order valence-electron chi connectivity index (χ4n) is 5.39. The van der Waals surface area contributed by atoms with Crippen LogP contribution in [-0.4, -0.2) is 69.5 Å². The summed E-state index contributed by atoms with van der Waals surface area (Å²) in [6, 6.07) is 13.4. The second-order valence-corrected chi connectivity index (χ2v) is 13.1. The average Bonchev–Trinajstić information content (AvgIpc) is 3.20. The van der Waals surface area contributed by atoms with Crippen LogP contribution in [-0.2, 0) is 34.7 Å². The summed E-state index contributed by atoms with van der Waals surface area (Å²) in [6.45, 7) is 8.08. The van der Waals surface area contributed by atoms with Crippen molar-refractivity contribution in [2.75, 3.05) is 12.8 Å². The SMILES string of the molecule is C=S(C)(=O)O.CC[C@@H]1CN(Cc2cc([C@@H](CC(=O)O)c3ccc4c(nnn4C)c3C)ccc2C)Cc2[nH]c(=O)ccc2O1. The Hall–Kier alpha value is -4.00. The number of carboxylic acid groups (broad SMARTS) is 1. The summed E-state index contributed by atoms with van der Waals surface area (Å²) in [5.74, 6) is 2.39. The van der Waals surface area contributed by atoms with Crippen molar-refractivity contribution in [3.8, 4) is 5.75 Å². The average molecular weight is 610 g/mol. The Bertz CT molecular complexity index is 1790. The lowest BCUT2D eigenvalue weighted by Crippen LogP contribution is -2.32. The van der Waals surface area contributed by atoms with Crippen LogP contribution in [0.25, 0.3) is 11.0 Å². The first-order valence-corrected chi connectivity index (χ1v) is 16.1. The fourth-order valence-corrected chi connectivity index (χ4v) is 5.39. The standard InChI is InChI=1S/C29H33N5O4.C2H6O2S/c1-5-21-15-34(16-24-26(38-21)10-11-27(35)30-24)14-20-12-19(7-6-17(20)2)23(13-28(36)37)22-8-9-25-29(18(22)3)31-32-33(25)4;1-5(2,3)4/h6-12,21,23H,5,13-16H2,1-4H3,(H,30,35)(H,36,37);1H2,2H3,(H,3,4)/t21-,23-;/m1./s1. The van der Waals surface area contributed by atoms with E-state index in [2.05, 4.69) is 52.0 Å². The third-order valence-corrected chi connectivity index (χ3v) is 7.55. The molecule has 1 aliphatic heterocycles. The van der Waals surface area contributed by atoms with Crippen LogP contribution in [0.1, 0.15) is 59.2 Å². The molecule has 12 heteroatoms. The van der Waals surface area contributed by atoms with Gasteiger partial charge in [-0.3, -0.25) is 14.5 Å². The largest absolute Gasteiger partial charge is 0.487 e. The zero-order valence-corrected chi connectivity index (χ0v) is 26.0. The maximum atomic E-state index is 12.0. The Labute approximate surface area is 251 Å². The highest BCUT2D eigenvalue weighted by molar-refractivity contribution is 7.94. The number of rotatable bonds is 7. The Morgan fingerprint density at radius 1 is 1.23 bits per heavy atom. The Morgan fingerprint density at radius 3 is 2.63 bits per heavy atom. The molecule has 0 saturated heterocycles. The van der Waals surface area contributed by atoms with Gasteiger partial charge in [0.25, 0.3) is 0 Å². The second-order valence-electron chi connectivity index (χ2n) is 11.1. The van der Waals surface area contributed by atoms with Gasteiger partial charge in [0.05, 0.1) is 27.4 Å². The molecule has 3 N–H and O–H groups in total. The smallest absolute Gasteiger partial charge is 0.304 e. The van der Waals surface area contributed by atoms with Crippen molar-refractivity contribution in [1.82, 2.24) is 24.9 Å². The van der Waals surface area contributed by atoms with E-state index in [-0.39, 0.29) is 24.0 Å². The molecule has 0 saturated carbocycles. The number of ether oxygens (including phenoxy) is 1. The highest BCUT2D eigenvalue weighted by Crippen LogP contribution is 2.34. The number of nitrogens with zero attached hydrogens (tertiary/aromatic N) is 4. The number of aliphatic carboxylic acids is 1. The summed E-state index contributed by atoms with van der Waals surface area (Å²) in [6.07, 6.45) is 1.98. The van der Waals surface area contributed by atoms with Crippen LogP contribution < -0.4 is 10.3 Å². The lowest BCUT2D eigenvalue weighted by atomic mass is 9.84. The number of fused-ring (bicyclic) bond motifs is 2. The predicted molar refractivity (Wildman–Crippen MR) is 168 cm³/mol. The van der Waals surface area contributed by atoms with Crippen LogP contribution in [0.5, 0.6) is 5.75 Å². The molecule has 0 amide bonds. The van der Waals surface area contributed by atoms with Crippen molar-refractivity contribution in [3.63, 3.8) is 0 Å². The molecule has 43 heavy (non-hydrogen) atoms. The number of benzene rings is 2. The molecule has 4 aromatic rings. The zero-order valence-electron chi connectivity index (χ0n) is 25.2. The molecule has 0 aliphatic carbocycles.